The number of imidazole rings is 1. The van der Waals surface area contributed by atoms with Gasteiger partial charge in [0, 0.05) is 25.5 Å². The first-order valence-electron chi connectivity index (χ1n) is 6.92. The van der Waals surface area contributed by atoms with Crippen LogP contribution < -0.4 is 5.32 Å². The van der Waals surface area contributed by atoms with Gasteiger partial charge in [-0.2, -0.15) is 13.2 Å². The second-order valence-corrected chi connectivity index (χ2v) is 5.80. The van der Waals surface area contributed by atoms with E-state index in [1.807, 2.05) is 24.6 Å². The third-order valence-corrected chi connectivity index (χ3v) is 3.75. The number of aryl methyl sites for hydroxylation is 1. The maximum absolute atomic E-state index is 12.5. The molecule has 1 aromatic heterocycles. The van der Waals surface area contributed by atoms with E-state index >= 15 is 0 Å². The minimum atomic E-state index is -4.71. The third kappa shape index (κ3) is 3.34. The van der Waals surface area contributed by atoms with Crippen LogP contribution in [0.2, 0.25) is 0 Å². The molecule has 0 spiro atoms. The van der Waals surface area contributed by atoms with E-state index in [4.69, 9.17) is 0 Å². The fraction of sp³-hybridized carbons (Fsp3) is 0.692. The number of hydrogen-bond donors (Lipinski definition) is 2. The average molecular weight is 320 g/mol. The van der Waals surface area contributed by atoms with Crippen molar-refractivity contribution < 1.29 is 23.1 Å². The van der Waals surface area contributed by atoms with Crippen molar-refractivity contribution >= 4 is 6.03 Å². The van der Waals surface area contributed by atoms with E-state index in [1.165, 1.54) is 0 Å². The highest BCUT2D eigenvalue weighted by atomic mass is 19.4. The molecule has 6 nitrogen and oxygen atoms in total. The van der Waals surface area contributed by atoms with Crippen molar-refractivity contribution in [1.82, 2.24) is 19.8 Å². The SMILES string of the molecule is Cc1nccn1CC(C)CNC(=O)N1CC(O)(C(F)(F)F)C1. The van der Waals surface area contributed by atoms with Gasteiger partial charge in [-0.1, -0.05) is 6.92 Å². The Morgan fingerprint density at radius 1 is 1.55 bits per heavy atom. The summed E-state index contributed by atoms with van der Waals surface area (Å²) in [4.78, 5) is 16.8. The lowest BCUT2D eigenvalue weighted by molar-refractivity contribution is -0.294. The van der Waals surface area contributed by atoms with Crippen LogP contribution in [0, 0.1) is 12.8 Å². The van der Waals surface area contributed by atoms with Crippen molar-refractivity contribution in [3.05, 3.63) is 18.2 Å². The summed E-state index contributed by atoms with van der Waals surface area (Å²) in [6, 6.07) is -0.594. The number of nitrogens with one attached hydrogen (secondary N) is 1. The molecule has 22 heavy (non-hydrogen) atoms. The Labute approximate surface area is 125 Å². The van der Waals surface area contributed by atoms with Crippen LogP contribution >= 0.6 is 0 Å². The average Bonchev–Trinajstić information content (AvgIpc) is 2.76. The molecule has 1 fully saturated rings. The predicted molar refractivity (Wildman–Crippen MR) is 72.1 cm³/mol. The molecule has 9 heteroatoms. The van der Waals surface area contributed by atoms with Crippen molar-refractivity contribution in [2.75, 3.05) is 19.6 Å². The second-order valence-electron chi connectivity index (χ2n) is 5.80. The van der Waals surface area contributed by atoms with Crippen LogP contribution in [0.5, 0.6) is 0 Å². The molecule has 0 bridgehead atoms. The van der Waals surface area contributed by atoms with Crippen molar-refractivity contribution in [2.45, 2.75) is 32.2 Å². The highest BCUT2D eigenvalue weighted by Gasteiger charge is 2.62. The van der Waals surface area contributed by atoms with Crippen molar-refractivity contribution in [1.29, 1.82) is 0 Å². The maximum Gasteiger partial charge on any atom is 0.420 e. The summed E-state index contributed by atoms with van der Waals surface area (Å²) < 4.78 is 39.3. The van der Waals surface area contributed by atoms with Crippen LogP contribution in [0.1, 0.15) is 12.7 Å². The van der Waals surface area contributed by atoms with Crippen LogP contribution in [0.4, 0.5) is 18.0 Å². The summed E-state index contributed by atoms with van der Waals surface area (Å²) in [6.07, 6.45) is -1.21. The van der Waals surface area contributed by atoms with E-state index < -0.39 is 30.9 Å². The Hall–Kier alpha value is -1.77. The van der Waals surface area contributed by atoms with Gasteiger partial charge in [-0.25, -0.2) is 9.78 Å². The third-order valence-electron chi connectivity index (χ3n) is 3.75. The number of aliphatic hydroxyl groups is 1. The van der Waals surface area contributed by atoms with Crippen LogP contribution in [-0.4, -0.2) is 57.0 Å². The Bertz CT molecular complexity index is 538. The summed E-state index contributed by atoms with van der Waals surface area (Å²) in [5.41, 5.74) is -2.77. The van der Waals surface area contributed by atoms with E-state index in [-0.39, 0.29) is 5.92 Å². The number of carbonyl (C=O) groups excluding carboxylic acids is 1. The molecule has 2 heterocycles. The Kier molecular flexibility index (Phi) is 4.37. The number of nitrogens with zero attached hydrogens (tertiary/aromatic N) is 3. The molecule has 0 aliphatic carbocycles. The van der Waals surface area contributed by atoms with E-state index in [2.05, 4.69) is 10.3 Å². The molecule has 1 aliphatic rings. The highest BCUT2D eigenvalue weighted by Crippen LogP contribution is 2.37. The van der Waals surface area contributed by atoms with Crippen molar-refractivity contribution in [3.63, 3.8) is 0 Å². The Morgan fingerprint density at radius 3 is 2.68 bits per heavy atom. The molecular formula is C13H19F3N4O2. The minimum absolute atomic E-state index is 0.0969. The highest BCUT2D eigenvalue weighted by molar-refractivity contribution is 5.75. The summed E-state index contributed by atoms with van der Waals surface area (Å²) >= 11 is 0. The smallest absolute Gasteiger partial charge is 0.378 e. The van der Waals surface area contributed by atoms with Gasteiger partial charge in [-0.15, -0.1) is 0 Å². The van der Waals surface area contributed by atoms with Crippen LogP contribution in [0.3, 0.4) is 0 Å². The van der Waals surface area contributed by atoms with Gasteiger partial charge in [0.2, 0.25) is 0 Å². The largest absolute Gasteiger partial charge is 0.420 e. The summed E-state index contributed by atoms with van der Waals surface area (Å²) in [5.74, 6) is 0.954. The van der Waals surface area contributed by atoms with E-state index in [0.717, 1.165) is 10.7 Å². The first kappa shape index (κ1) is 16.6. The van der Waals surface area contributed by atoms with E-state index in [0.29, 0.717) is 13.1 Å². The van der Waals surface area contributed by atoms with Crippen molar-refractivity contribution in [2.24, 2.45) is 5.92 Å². The van der Waals surface area contributed by atoms with Gasteiger partial charge in [0.15, 0.2) is 5.60 Å². The molecular weight excluding hydrogens is 301 g/mol. The zero-order valence-corrected chi connectivity index (χ0v) is 12.4. The Morgan fingerprint density at radius 2 is 2.18 bits per heavy atom. The lowest BCUT2D eigenvalue weighted by Gasteiger charge is -2.46. The van der Waals surface area contributed by atoms with Gasteiger partial charge >= 0.3 is 12.2 Å². The molecule has 1 unspecified atom stereocenters. The molecule has 1 atom stereocenters. The molecule has 2 amide bonds. The number of rotatable bonds is 4. The number of amides is 2. The van der Waals surface area contributed by atoms with E-state index in [1.54, 1.807) is 6.20 Å². The van der Waals surface area contributed by atoms with Gasteiger partial charge in [0.1, 0.15) is 5.82 Å². The second kappa shape index (κ2) is 5.79. The molecule has 0 aromatic carbocycles. The number of alkyl halides is 3. The molecule has 1 saturated heterocycles. The first-order valence-corrected chi connectivity index (χ1v) is 6.92. The fourth-order valence-electron chi connectivity index (χ4n) is 2.28. The summed E-state index contributed by atoms with van der Waals surface area (Å²) in [5, 5.41) is 11.9. The van der Waals surface area contributed by atoms with Gasteiger partial charge in [-0.3, -0.25) is 0 Å². The number of carbonyl (C=O) groups is 1. The Balaban J connectivity index is 1.74. The van der Waals surface area contributed by atoms with Gasteiger partial charge in [-0.05, 0) is 12.8 Å². The van der Waals surface area contributed by atoms with Crippen LogP contribution in [0.25, 0.3) is 0 Å². The zero-order valence-electron chi connectivity index (χ0n) is 12.4. The monoisotopic (exact) mass is 320 g/mol. The number of β-amino-alcohol motifs (C(OH)–C–C–N with tert-alkyl or cyclic N) is 1. The lowest BCUT2D eigenvalue weighted by atomic mass is 9.94. The lowest BCUT2D eigenvalue weighted by Crippen LogP contribution is -2.71. The molecule has 1 aromatic rings. The van der Waals surface area contributed by atoms with Gasteiger partial charge in [0.05, 0.1) is 13.1 Å². The molecule has 0 saturated carbocycles. The fourth-order valence-corrected chi connectivity index (χ4v) is 2.28. The standard InChI is InChI=1S/C13H19F3N4O2/c1-9(6-19-4-3-17-10(19)2)5-18-11(21)20-7-12(22,8-20)13(14,15)16/h3-4,9,22H,5-8H2,1-2H3,(H,18,21). The molecule has 2 N–H and O–H groups in total. The minimum Gasteiger partial charge on any atom is -0.378 e. The van der Waals surface area contributed by atoms with Gasteiger partial charge < -0.3 is 19.9 Å². The topological polar surface area (TPSA) is 70.4 Å². The summed E-state index contributed by atoms with van der Waals surface area (Å²) in [7, 11) is 0. The van der Waals surface area contributed by atoms with Crippen LogP contribution in [0.15, 0.2) is 12.4 Å². The zero-order chi connectivity index (χ0) is 16.5. The number of halogens is 3. The number of likely N-dealkylation sites (tertiary alicyclic amines) is 1. The normalized spacial score (nSPS) is 18.7. The number of aromatic nitrogens is 2. The molecule has 1 aliphatic heterocycles. The van der Waals surface area contributed by atoms with Crippen LogP contribution in [-0.2, 0) is 6.54 Å². The maximum atomic E-state index is 12.5. The molecule has 2 rings (SSSR count). The summed E-state index contributed by atoms with van der Waals surface area (Å²) in [6.45, 7) is 3.32. The quantitative estimate of drug-likeness (QED) is 0.874. The first-order chi connectivity index (χ1) is 10.1. The van der Waals surface area contributed by atoms with Gasteiger partial charge in [0.25, 0.3) is 0 Å². The molecule has 124 valence electrons. The molecule has 0 radical (unpaired) electrons. The number of urea groups is 1. The van der Waals surface area contributed by atoms with E-state index in [9.17, 15) is 23.1 Å². The van der Waals surface area contributed by atoms with Crippen molar-refractivity contribution in [3.8, 4) is 0 Å². The predicted octanol–water partition coefficient (Wildman–Crippen LogP) is 1.15. The number of hydrogen-bond acceptors (Lipinski definition) is 3.